The average Bonchev–Trinajstić information content (AvgIpc) is 2.88. The number of hydrogen-bond donors (Lipinski definition) is 1. The van der Waals surface area contributed by atoms with Crippen molar-refractivity contribution in [3.8, 4) is 0 Å². The quantitative estimate of drug-likeness (QED) is 0.875. The third-order valence-electron chi connectivity index (χ3n) is 3.67. The van der Waals surface area contributed by atoms with Gasteiger partial charge in [-0.05, 0) is 17.7 Å². The van der Waals surface area contributed by atoms with E-state index in [2.05, 4.69) is 5.32 Å². The Balaban J connectivity index is 1.59. The lowest BCUT2D eigenvalue weighted by Gasteiger charge is -2.15. The molecule has 0 bridgehead atoms. The van der Waals surface area contributed by atoms with Crippen LogP contribution in [-0.2, 0) is 20.9 Å². The van der Waals surface area contributed by atoms with E-state index in [9.17, 15) is 14.4 Å². The van der Waals surface area contributed by atoms with Crippen LogP contribution in [0.15, 0.2) is 60.7 Å². The highest BCUT2D eigenvalue weighted by Crippen LogP contribution is 2.22. The van der Waals surface area contributed by atoms with E-state index in [4.69, 9.17) is 4.74 Å². The van der Waals surface area contributed by atoms with E-state index in [0.717, 1.165) is 10.5 Å². The molecule has 1 fully saturated rings. The van der Waals surface area contributed by atoms with Crippen LogP contribution in [0.3, 0.4) is 0 Å². The van der Waals surface area contributed by atoms with Gasteiger partial charge in [0.25, 0.3) is 5.91 Å². The second-order valence-corrected chi connectivity index (χ2v) is 5.37. The van der Waals surface area contributed by atoms with E-state index in [1.54, 1.807) is 30.3 Å². The van der Waals surface area contributed by atoms with Crippen LogP contribution in [0.25, 0.3) is 0 Å². The molecule has 0 saturated carbocycles. The molecule has 0 aromatic heterocycles. The van der Waals surface area contributed by atoms with Crippen molar-refractivity contribution in [1.29, 1.82) is 0 Å². The molecular weight excluding hydrogens is 308 g/mol. The van der Waals surface area contributed by atoms with Crippen LogP contribution in [0.2, 0.25) is 0 Å². The summed E-state index contributed by atoms with van der Waals surface area (Å²) in [6.07, 6.45) is -0.798. The minimum absolute atomic E-state index is 0.0752. The number of amides is 3. The van der Waals surface area contributed by atoms with Gasteiger partial charge < -0.3 is 10.1 Å². The van der Waals surface area contributed by atoms with Gasteiger partial charge in [0.1, 0.15) is 12.6 Å². The van der Waals surface area contributed by atoms with E-state index in [-0.39, 0.29) is 18.9 Å². The van der Waals surface area contributed by atoms with Crippen LogP contribution in [0.1, 0.15) is 12.0 Å². The summed E-state index contributed by atoms with van der Waals surface area (Å²) in [5, 5.41) is 2.46. The van der Waals surface area contributed by atoms with Gasteiger partial charge in [-0.3, -0.25) is 9.59 Å². The predicted molar refractivity (Wildman–Crippen MR) is 87.1 cm³/mol. The minimum Gasteiger partial charge on any atom is -0.445 e. The summed E-state index contributed by atoms with van der Waals surface area (Å²) in [4.78, 5) is 37.4. The Morgan fingerprint density at radius 2 is 1.67 bits per heavy atom. The number of hydrogen-bond acceptors (Lipinski definition) is 4. The smallest absolute Gasteiger partial charge is 0.408 e. The molecule has 24 heavy (non-hydrogen) atoms. The number of ether oxygens (including phenoxy) is 1. The van der Waals surface area contributed by atoms with Gasteiger partial charge in [-0.1, -0.05) is 48.5 Å². The summed E-state index contributed by atoms with van der Waals surface area (Å²) in [6, 6.07) is 16.9. The van der Waals surface area contributed by atoms with Crippen molar-refractivity contribution < 1.29 is 19.1 Å². The number of rotatable bonds is 4. The van der Waals surface area contributed by atoms with Gasteiger partial charge in [-0.15, -0.1) is 0 Å². The molecule has 122 valence electrons. The number of nitrogens with zero attached hydrogens (tertiary/aromatic N) is 1. The third-order valence-corrected chi connectivity index (χ3v) is 3.67. The van der Waals surface area contributed by atoms with Gasteiger partial charge >= 0.3 is 6.09 Å². The Morgan fingerprint density at radius 1 is 1.04 bits per heavy atom. The van der Waals surface area contributed by atoms with Crippen molar-refractivity contribution in [2.75, 3.05) is 4.90 Å². The zero-order chi connectivity index (χ0) is 16.9. The number of para-hydroxylation sites is 1. The average molecular weight is 324 g/mol. The lowest BCUT2D eigenvalue weighted by atomic mass is 10.2. The maximum Gasteiger partial charge on any atom is 0.408 e. The zero-order valence-corrected chi connectivity index (χ0v) is 12.8. The van der Waals surface area contributed by atoms with E-state index in [1.807, 2.05) is 30.3 Å². The molecule has 6 heteroatoms. The van der Waals surface area contributed by atoms with Gasteiger partial charge in [0.05, 0.1) is 12.1 Å². The largest absolute Gasteiger partial charge is 0.445 e. The van der Waals surface area contributed by atoms with E-state index < -0.39 is 18.0 Å². The monoisotopic (exact) mass is 324 g/mol. The van der Waals surface area contributed by atoms with Gasteiger partial charge in [-0.2, -0.15) is 0 Å². The fourth-order valence-corrected chi connectivity index (χ4v) is 2.50. The highest BCUT2D eigenvalue weighted by molar-refractivity contribution is 6.22. The van der Waals surface area contributed by atoms with Crippen molar-refractivity contribution >= 4 is 23.6 Å². The maximum atomic E-state index is 12.4. The summed E-state index contributed by atoms with van der Waals surface area (Å²) in [5.74, 6) is -0.803. The van der Waals surface area contributed by atoms with Gasteiger partial charge in [0.2, 0.25) is 5.91 Å². The van der Waals surface area contributed by atoms with Crippen LogP contribution in [0.5, 0.6) is 0 Å². The van der Waals surface area contributed by atoms with Gasteiger partial charge in [0, 0.05) is 0 Å². The second kappa shape index (κ2) is 6.95. The molecule has 2 aromatic carbocycles. The molecule has 6 nitrogen and oxygen atoms in total. The van der Waals surface area contributed by atoms with Crippen LogP contribution < -0.4 is 10.2 Å². The molecule has 0 radical (unpaired) electrons. The number of benzene rings is 2. The van der Waals surface area contributed by atoms with Crippen molar-refractivity contribution in [2.45, 2.75) is 19.1 Å². The Kier molecular flexibility index (Phi) is 4.56. The standard InChI is InChI=1S/C18H16N2O4/c21-16-11-15(17(22)20(16)14-9-5-2-6-10-14)19-18(23)24-12-13-7-3-1-4-8-13/h1-10,15H,11-12H2,(H,19,23)/t15-/m0/s1. The fraction of sp³-hybridized carbons (Fsp3) is 0.167. The number of alkyl carbamates (subject to hydrolysis) is 1. The molecule has 1 saturated heterocycles. The number of anilines is 1. The first-order valence-corrected chi connectivity index (χ1v) is 7.54. The lowest BCUT2D eigenvalue weighted by molar-refractivity contribution is -0.121. The van der Waals surface area contributed by atoms with Crippen LogP contribution in [0, 0.1) is 0 Å². The van der Waals surface area contributed by atoms with Gasteiger partial charge in [-0.25, -0.2) is 9.69 Å². The Morgan fingerprint density at radius 3 is 2.33 bits per heavy atom. The third kappa shape index (κ3) is 3.43. The molecule has 0 aliphatic carbocycles. The van der Waals surface area contributed by atoms with Crippen molar-refractivity contribution in [2.24, 2.45) is 0 Å². The summed E-state index contributed by atoms with van der Waals surface area (Å²) in [7, 11) is 0. The Hall–Kier alpha value is -3.15. The highest BCUT2D eigenvalue weighted by atomic mass is 16.5. The lowest BCUT2D eigenvalue weighted by Crippen LogP contribution is -2.42. The topological polar surface area (TPSA) is 75.7 Å². The first-order chi connectivity index (χ1) is 11.6. The molecule has 3 rings (SSSR count). The second-order valence-electron chi connectivity index (χ2n) is 5.37. The Labute approximate surface area is 139 Å². The first-order valence-electron chi connectivity index (χ1n) is 7.54. The van der Waals surface area contributed by atoms with Crippen molar-refractivity contribution in [1.82, 2.24) is 5.32 Å². The number of carbonyl (C=O) groups is 3. The molecule has 1 heterocycles. The predicted octanol–water partition coefficient (Wildman–Crippen LogP) is 2.24. The molecule has 1 aliphatic rings. The molecule has 1 atom stereocenters. The maximum absolute atomic E-state index is 12.4. The van der Waals surface area contributed by atoms with Crippen molar-refractivity contribution in [3.05, 3.63) is 66.2 Å². The van der Waals surface area contributed by atoms with Crippen LogP contribution in [-0.4, -0.2) is 23.9 Å². The van der Waals surface area contributed by atoms with Crippen molar-refractivity contribution in [3.63, 3.8) is 0 Å². The fourth-order valence-electron chi connectivity index (χ4n) is 2.50. The number of imide groups is 1. The van der Waals surface area contributed by atoms with E-state index >= 15 is 0 Å². The molecule has 0 spiro atoms. The molecule has 0 unspecified atom stereocenters. The number of carbonyl (C=O) groups excluding carboxylic acids is 3. The molecule has 1 N–H and O–H groups in total. The highest BCUT2D eigenvalue weighted by Gasteiger charge is 2.40. The minimum atomic E-state index is -0.902. The van der Waals surface area contributed by atoms with E-state index in [1.165, 1.54) is 0 Å². The molecule has 3 amide bonds. The van der Waals surface area contributed by atoms with Crippen LogP contribution in [0.4, 0.5) is 10.5 Å². The van der Waals surface area contributed by atoms with Crippen LogP contribution >= 0.6 is 0 Å². The zero-order valence-electron chi connectivity index (χ0n) is 12.8. The molecular formula is C18H16N2O4. The summed E-state index contributed by atoms with van der Waals surface area (Å²) < 4.78 is 5.08. The van der Waals surface area contributed by atoms with Gasteiger partial charge in [0.15, 0.2) is 0 Å². The summed E-state index contributed by atoms with van der Waals surface area (Å²) >= 11 is 0. The first kappa shape index (κ1) is 15.7. The Bertz CT molecular complexity index is 746. The molecule has 1 aliphatic heterocycles. The number of nitrogens with one attached hydrogen (secondary N) is 1. The molecule has 2 aromatic rings. The van der Waals surface area contributed by atoms with E-state index in [0.29, 0.717) is 5.69 Å². The summed E-state index contributed by atoms with van der Waals surface area (Å²) in [5.41, 5.74) is 1.34. The SMILES string of the molecule is O=C(N[C@H]1CC(=O)N(c2ccccc2)C1=O)OCc1ccccc1. The normalized spacial score (nSPS) is 17.0. The summed E-state index contributed by atoms with van der Waals surface area (Å²) in [6.45, 7) is 0.101.